The molecule has 0 saturated carbocycles. The minimum Gasteiger partial charge on any atom is -0.323 e. The van der Waals surface area contributed by atoms with E-state index in [1.807, 2.05) is 0 Å². The van der Waals surface area contributed by atoms with E-state index in [9.17, 15) is 17.6 Å². The number of anilines is 1. The highest BCUT2D eigenvalue weighted by molar-refractivity contribution is 7.89. The van der Waals surface area contributed by atoms with Gasteiger partial charge in [0.15, 0.2) is 0 Å². The molecule has 29 heavy (non-hydrogen) atoms. The fraction of sp³-hybridized carbons (Fsp3) is 0.263. The van der Waals surface area contributed by atoms with Crippen LogP contribution in [0.15, 0.2) is 47.4 Å². The molecule has 1 aliphatic heterocycles. The van der Waals surface area contributed by atoms with Gasteiger partial charge in [-0.05, 0) is 42.8 Å². The third-order valence-electron chi connectivity index (χ3n) is 4.51. The smallest absolute Gasteiger partial charge is 0.321 e. The van der Waals surface area contributed by atoms with Gasteiger partial charge in [-0.1, -0.05) is 17.7 Å². The Kier molecular flexibility index (Phi) is 6.37. The standard InChI is InChI=1S/C19H18ClFN4O3S/c20-15-3-1-4-16(12-15)23-19(26)24-7-2-8-25(10-9-24)29(27,28)17-5-6-18(21)14(11-17)13-22/h1,3-6,11-12H,2,7-10H2,(H,23,26). The average Bonchev–Trinajstić information content (AvgIpc) is 2.95. The lowest BCUT2D eigenvalue weighted by atomic mass is 10.2. The first kappa shape index (κ1) is 21.0. The molecule has 1 N–H and O–H groups in total. The number of hydrogen-bond donors (Lipinski definition) is 1. The summed E-state index contributed by atoms with van der Waals surface area (Å²) in [5, 5.41) is 12.2. The third kappa shape index (κ3) is 4.85. The zero-order valence-corrected chi connectivity index (χ0v) is 16.9. The molecule has 1 aliphatic rings. The molecule has 2 amide bonds. The van der Waals surface area contributed by atoms with Crippen LogP contribution in [0.3, 0.4) is 0 Å². The van der Waals surface area contributed by atoms with Crippen molar-refractivity contribution in [1.29, 1.82) is 5.26 Å². The highest BCUT2D eigenvalue weighted by atomic mass is 35.5. The SMILES string of the molecule is N#Cc1cc(S(=O)(=O)N2CCCN(C(=O)Nc3cccc(Cl)c3)CC2)ccc1F. The Balaban J connectivity index is 1.70. The highest BCUT2D eigenvalue weighted by Crippen LogP contribution is 2.21. The van der Waals surface area contributed by atoms with Crippen molar-refractivity contribution in [2.24, 2.45) is 0 Å². The van der Waals surface area contributed by atoms with Crippen LogP contribution in [0.25, 0.3) is 0 Å². The normalized spacial score (nSPS) is 15.4. The van der Waals surface area contributed by atoms with Gasteiger partial charge < -0.3 is 10.2 Å². The van der Waals surface area contributed by atoms with E-state index in [-0.39, 0.29) is 36.1 Å². The van der Waals surface area contributed by atoms with E-state index in [1.54, 1.807) is 30.3 Å². The van der Waals surface area contributed by atoms with Gasteiger partial charge >= 0.3 is 6.03 Å². The van der Waals surface area contributed by atoms with E-state index in [0.29, 0.717) is 23.7 Å². The monoisotopic (exact) mass is 436 g/mol. The number of halogens is 2. The summed E-state index contributed by atoms with van der Waals surface area (Å²) < 4.78 is 40.5. The molecule has 1 saturated heterocycles. The van der Waals surface area contributed by atoms with Crippen molar-refractivity contribution < 1.29 is 17.6 Å². The Morgan fingerprint density at radius 3 is 2.66 bits per heavy atom. The molecular weight excluding hydrogens is 419 g/mol. The van der Waals surface area contributed by atoms with Gasteiger partial charge in [-0.2, -0.15) is 9.57 Å². The summed E-state index contributed by atoms with van der Waals surface area (Å²) in [7, 11) is -3.91. The zero-order chi connectivity index (χ0) is 21.0. The van der Waals surface area contributed by atoms with E-state index in [2.05, 4.69) is 5.32 Å². The largest absolute Gasteiger partial charge is 0.323 e. The van der Waals surface area contributed by atoms with Crippen molar-refractivity contribution in [2.45, 2.75) is 11.3 Å². The number of nitrogens with zero attached hydrogens (tertiary/aromatic N) is 3. The minimum atomic E-state index is -3.91. The van der Waals surface area contributed by atoms with Gasteiger partial charge in [-0.15, -0.1) is 0 Å². The summed E-state index contributed by atoms with van der Waals surface area (Å²) >= 11 is 5.92. The fourth-order valence-corrected chi connectivity index (χ4v) is 4.69. The number of rotatable bonds is 3. The molecule has 0 unspecified atom stereocenters. The van der Waals surface area contributed by atoms with Crippen molar-refractivity contribution >= 4 is 33.3 Å². The van der Waals surface area contributed by atoms with E-state index in [4.69, 9.17) is 16.9 Å². The van der Waals surface area contributed by atoms with E-state index < -0.39 is 15.8 Å². The highest BCUT2D eigenvalue weighted by Gasteiger charge is 2.29. The summed E-state index contributed by atoms with van der Waals surface area (Å²) in [5.74, 6) is -0.772. The van der Waals surface area contributed by atoms with Crippen LogP contribution in [0.2, 0.25) is 5.02 Å². The molecule has 152 valence electrons. The fourth-order valence-electron chi connectivity index (χ4n) is 3.01. The Morgan fingerprint density at radius 2 is 1.93 bits per heavy atom. The lowest BCUT2D eigenvalue weighted by Gasteiger charge is -2.22. The molecule has 0 atom stereocenters. The van der Waals surface area contributed by atoms with Gasteiger partial charge in [0.25, 0.3) is 0 Å². The van der Waals surface area contributed by atoms with Crippen molar-refractivity contribution in [2.75, 3.05) is 31.5 Å². The molecule has 0 radical (unpaired) electrons. The van der Waals surface area contributed by atoms with Crippen LogP contribution in [-0.4, -0.2) is 49.8 Å². The first-order valence-corrected chi connectivity index (χ1v) is 10.6. The van der Waals surface area contributed by atoms with Gasteiger partial charge in [-0.3, -0.25) is 0 Å². The van der Waals surface area contributed by atoms with Gasteiger partial charge in [0, 0.05) is 36.9 Å². The summed E-state index contributed by atoms with van der Waals surface area (Å²) in [6.45, 7) is 0.871. The van der Waals surface area contributed by atoms with Crippen LogP contribution >= 0.6 is 11.6 Å². The van der Waals surface area contributed by atoms with Gasteiger partial charge in [0.1, 0.15) is 11.9 Å². The number of nitriles is 1. The molecule has 0 spiro atoms. The number of hydrogen-bond acceptors (Lipinski definition) is 4. The minimum absolute atomic E-state index is 0.0879. The van der Waals surface area contributed by atoms with Crippen molar-refractivity contribution in [3.05, 3.63) is 58.9 Å². The predicted octanol–water partition coefficient (Wildman–Crippen LogP) is 3.28. The maximum Gasteiger partial charge on any atom is 0.321 e. The number of nitrogens with one attached hydrogen (secondary N) is 1. The number of carbonyl (C=O) groups excluding carboxylic acids is 1. The third-order valence-corrected chi connectivity index (χ3v) is 6.64. The molecule has 0 aromatic heterocycles. The predicted molar refractivity (Wildman–Crippen MR) is 107 cm³/mol. The second-order valence-electron chi connectivity index (χ2n) is 6.44. The summed E-state index contributed by atoms with van der Waals surface area (Å²) in [6, 6.07) is 11.2. The molecule has 1 fully saturated rings. The van der Waals surface area contributed by atoms with Crippen molar-refractivity contribution in [3.63, 3.8) is 0 Å². The molecule has 2 aromatic carbocycles. The molecule has 0 bridgehead atoms. The number of urea groups is 1. The first-order valence-electron chi connectivity index (χ1n) is 8.82. The maximum absolute atomic E-state index is 13.5. The molecule has 0 aliphatic carbocycles. The lowest BCUT2D eigenvalue weighted by molar-refractivity contribution is 0.214. The summed E-state index contributed by atoms with van der Waals surface area (Å²) in [6.07, 6.45) is 0.439. The Hall–Kier alpha value is -2.67. The zero-order valence-electron chi connectivity index (χ0n) is 15.3. The quantitative estimate of drug-likeness (QED) is 0.798. The second kappa shape index (κ2) is 8.78. The molecule has 3 rings (SSSR count). The van der Waals surface area contributed by atoms with Gasteiger partial charge in [-0.25, -0.2) is 17.6 Å². The van der Waals surface area contributed by atoms with Crippen LogP contribution in [0.4, 0.5) is 14.9 Å². The molecule has 10 heteroatoms. The Bertz CT molecular complexity index is 1070. The van der Waals surface area contributed by atoms with Crippen molar-refractivity contribution in [1.82, 2.24) is 9.21 Å². The van der Waals surface area contributed by atoms with Crippen LogP contribution in [0.1, 0.15) is 12.0 Å². The number of benzene rings is 2. The van der Waals surface area contributed by atoms with E-state index in [1.165, 1.54) is 9.21 Å². The summed E-state index contributed by atoms with van der Waals surface area (Å²) in [5.41, 5.74) is 0.218. The molecule has 1 heterocycles. The van der Waals surface area contributed by atoms with Crippen LogP contribution in [0.5, 0.6) is 0 Å². The second-order valence-corrected chi connectivity index (χ2v) is 8.81. The first-order chi connectivity index (χ1) is 13.8. The van der Waals surface area contributed by atoms with E-state index in [0.717, 1.165) is 18.2 Å². The Morgan fingerprint density at radius 1 is 1.14 bits per heavy atom. The van der Waals surface area contributed by atoms with Gasteiger partial charge in [0.2, 0.25) is 10.0 Å². The number of carbonyl (C=O) groups is 1. The average molecular weight is 437 g/mol. The van der Waals surface area contributed by atoms with E-state index >= 15 is 0 Å². The molecule has 2 aromatic rings. The van der Waals surface area contributed by atoms with Crippen LogP contribution < -0.4 is 5.32 Å². The molecule has 7 nitrogen and oxygen atoms in total. The molecular formula is C19H18ClFN4O3S. The number of sulfonamides is 1. The summed E-state index contributed by atoms with van der Waals surface area (Å²) in [4.78, 5) is 13.9. The van der Waals surface area contributed by atoms with Crippen molar-refractivity contribution in [3.8, 4) is 6.07 Å². The lowest BCUT2D eigenvalue weighted by Crippen LogP contribution is -2.39. The van der Waals surface area contributed by atoms with Crippen LogP contribution in [-0.2, 0) is 10.0 Å². The number of amides is 2. The maximum atomic E-state index is 13.5. The van der Waals surface area contributed by atoms with Crippen LogP contribution in [0, 0.1) is 17.1 Å². The van der Waals surface area contributed by atoms with Gasteiger partial charge in [0.05, 0.1) is 10.5 Å². The topological polar surface area (TPSA) is 93.5 Å². The Labute approximate surface area is 173 Å².